The molecule has 2 aromatic rings. The third kappa shape index (κ3) is 3.55. The molecule has 1 aliphatic heterocycles. The molecule has 0 aromatic carbocycles. The van der Waals surface area contributed by atoms with Crippen LogP contribution in [0.3, 0.4) is 0 Å². The van der Waals surface area contributed by atoms with E-state index in [0.29, 0.717) is 33.2 Å². The number of hydrogen-bond donors (Lipinski definition) is 0. The molecule has 0 spiro atoms. The molecule has 3 heterocycles. The van der Waals surface area contributed by atoms with Crippen LogP contribution in [0.5, 0.6) is 0 Å². The third-order valence-corrected chi connectivity index (χ3v) is 4.42. The molecule has 0 atom stereocenters. The highest BCUT2D eigenvalue weighted by molar-refractivity contribution is 8.18. The van der Waals surface area contributed by atoms with E-state index in [9.17, 15) is 4.79 Å². The summed E-state index contributed by atoms with van der Waals surface area (Å²) in [6.07, 6.45) is 6.67. The zero-order valence-electron chi connectivity index (χ0n) is 12.6. The van der Waals surface area contributed by atoms with Crippen molar-refractivity contribution >= 4 is 46.2 Å². The topological polar surface area (TPSA) is 58.5 Å². The summed E-state index contributed by atoms with van der Waals surface area (Å²) >= 11 is 7.33. The zero-order chi connectivity index (χ0) is 16.9. The van der Waals surface area contributed by atoms with Gasteiger partial charge in [-0.25, -0.2) is 9.98 Å². The Morgan fingerprint density at radius 2 is 2.08 bits per heavy atom. The molecule has 0 N–H and O–H groups in total. The number of amides is 1. The van der Waals surface area contributed by atoms with Gasteiger partial charge in [0.25, 0.3) is 5.91 Å². The van der Waals surface area contributed by atoms with Gasteiger partial charge in [-0.15, -0.1) is 6.58 Å². The van der Waals surface area contributed by atoms with Crippen LogP contribution in [0.4, 0.5) is 5.69 Å². The average Bonchev–Trinajstić information content (AvgIpc) is 2.87. The van der Waals surface area contributed by atoms with E-state index >= 15 is 0 Å². The van der Waals surface area contributed by atoms with Crippen molar-refractivity contribution in [2.75, 3.05) is 6.54 Å². The zero-order valence-corrected chi connectivity index (χ0v) is 14.2. The molecule has 2 aromatic heterocycles. The number of hydrogen-bond acceptors (Lipinski definition) is 5. The summed E-state index contributed by atoms with van der Waals surface area (Å²) in [6.45, 7) is 4.06. The minimum atomic E-state index is -0.135. The van der Waals surface area contributed by atoms with Gasteiger partial charge in [0.05, 0.1) is 10.6 Å². The summed E-state index contributed by atoms with van der Waals surface area (Å²) < 4.78 is 0. The van der Waals surface area contributed by atoms with Crippen LogP contribution in [0.2, 0.25) is 5.15 Å². The maximum absolute atomic E-state index is 12.6. The lowest BCUT2D eigenvalue weighted by Crippen LogP contribution is -2.29. The Hall–Kier alpha value is -2.44. The van der Waals surface area contributed by atoms with Crippen LogP contribution in [0.1, 0.15) is 5.69 Å². The Labute approximate surface area is 148 Å². The summed E-state index contributed by atoms with van der Waals surface area (Å²) in [5.41, 5.74) is 1.23. The summed E-state index contributed by atoms with van der Waals surface area (Å²) in [5.74, 6) is -0.135. The van der Waals surface area contributed by atoms with Crippen molar-refractivity contribution in [2.24, 2.45) is 4.99 Å². The van der Waals surface area contributed by atoms with E-state index in [2.05, 4.69) is 21.5 Å². The normalized spacial score (nSPS) is 17.7. The lowest BCUT2D eigenvalue weighted by atomic mass is 10.3. The van der Waals surface area contributed by atoms with E-state index in [1.165, 1.54) is 11.8 Å². The van der Waals surface area contributed by atoms with Crippen molar-refractivity contribution in [3.05, 3.63) is 71.1 Å². The van der Waals surface area contributed by atoms with Crippen molar-refractivity contribution in [1.29, 1.82) is 0 Å². The average molecular weight is 357 g/mol. The number of carbonyl (C=O) groups excluding carboxylic acids is 1. The molecule has 7 heteroatoms. The molecule has 1 aliphatic rings. The maximum Gasteiger partial charge on any atom is 0.267 e. The van der Waals surface area contributed by atoms with Gasteiger partial charge in [0.15, 0.2) is 10.3 Å². The predicted octanol–water partition coefficient (Wildman–Crippen LogP) is 3.92. The van der Waals surface area contributed by atoms with Crippen molar-refractivity contribution < 1.29 is 4.79 Å². The smallest absolute Gasteiger partial charge is 0.267 e. The van der Waals surface area contributed by atoms with Crippen LogP contribution >= 0.6 is 23.4 Å². The van der Waals surface area contributed by atoms with Gasteiger partial charge in [-0.05, 0) is 42.1 Å². The SMILES string of the molecule is C=CCN1C(=O)/C(=C/c2ccccn2)SC1=Nc1cccnc1Cl. The minimum Gasteiger partial charge on any atom is -0.283 e. The number of rotatable bonds is 4. The number of thioether (sulfide) groups is 1. The highest BCUT2D eigenvalue weighted by atomic mass is 35.5. The Balaban J connectivity index is 1.97. The van der Waals surface area contributed by atoms with Crippen LogP contribution in [0.15, 0.2) is 65.3 Å². The van der Waals surface area contributed by atoms with Gasteiger partial charge in [-0.3, -0.25) is 14.7 Å². The molecule has 3 rings (SSSR count). The van der Waals surface area contributed by atoms with Crippen molar-refractivity contribution in [3.8, 4) is 0 Å². The van der Waals surface area contributed by atoms with E-state index in [1.807, 2.05) is 18.2 Å². The lowest BCUT2D eigenvalue weighted by Gasteiger charge is -2.12. The molecule has 24 heavy (non-hydrogen) atoms. The van der Waals surface area contributed by atoms with Gasteiger partial charge in [-0.1, -0.05) is 23.7 Å². The van der Waals surface area contributed by atoms with Gasteiger partial charge in [0, 0.05) is 18.9 Å². The molecule has 1 fully saturated rings. The fraction of sp³-hybridized carbons (Fsp3) is 0.0588. The maximum atomic E-state index is 12.6. The highest BCUT2D eigenvalue weighted by Crippen LogP contribution is 2.34. The molecule has 1 saturated heterocycles. The van der Waals surface area contributed by atoms with E-state index in [0.717, 1.165) is 0 Å². The quantitative estimate of drug-likeness (QED) is 0.473. The van der Waals surface area contributed by atoms with Gasteiger partial charge in [0.1, 0.15) is 5.69 Å². The highest BCUT2D eigenvalue weighted by Gasteiger charge is 2.32. The van der Waals surface area contributed by atoms with E-state index in [1.54, 1.807) is 41.6 Å². The van der Waals surface area contributed by atoms with E-state index in [-0.39, 0.29) is 5.91 Å². The van der Waals surface area contributed by atoms with Crippen LogP contribution < -0.4 is 0 Å². The molecule has 5 nitrogen and oxygen atoms in total. The number of halogens is 1. The third-order valence-electron chi connectivity index (χ3n) is 3.12. The standard InChI is InChI=1S/C17H13ClN4OS/c1-2-10-22-16(23)14(11-12-6-3-4-8-19-12)24-17(22)21-13-7-5-9-20-15(13)18/h2-9,11H,1,10H2/b14-11-,21-17?. The Morgan fingerprint density at radius 3 is 2.79 bits per heavy atom. The number of nitrogens with zero attached hydrogens (tertiary/aromatic N) is 4. The molecule has 0 radical (unpaired) electrons. The number of carbonyl (C=O) groups is 1. The van der Waals surface area contributed by atoms with Gasteiger partial charge in [0.2, 0.25) is 0 Å². The largest absolute Gasteiger partial charge is 0.283 e. The van der Waals surface area contributed by atoms with Crippen LogP contribution in [0.25, 0.3) is 6.08 Å². The van der Waals surface area contributed by atoms with Gasteiger partial charge >= 0.3 is 0 Å². The number of pyridine rings is 2. The molecule has 120 valence electrons. The second-order valence-electron chi connectivity index (χ2n) is 4.78. The van der Waals surface area contributed by atoms with Gasteiger partial charge in [-0.2, -0.15) is 0 Å². The monoisotopic (exact) mass is 356 g/mol. The van der Waals surface area contributed by atoms with Crippen molar-refractivity contribution in [2.45, 2.75) is 0 Å². The first kappa shape index (κ1) is 16.4. The van der Waals surface area contributed by atoms with Crippen LogP contribution in [-0.2, 0) is 4.79 Å². The second kappa shape index (κ2) is 7.42. The van der Waals surface area contributed by atoms with Crippen molar-refractivity contribution in [3.63, 3.8) is 0 Å². The first-order valence-corrected chi connectivity index (χ1v) is 8.31. The summed E-state index contributed by atoms with van der Waals surface area (Å²) in [4.78, 5) is 27.4. The summed E-state index contributed by atoms with van der Waals surface area (Å²) in [7, 11) is 0. The molecule has 0 saturated carbocycles. The number of aromatic nitrogens is 2. The molecular formula is C17H13ClN4OS. The Kier molecular flexibility index (Phi) is 5.08. The molecule has 0 bridgehead atoms. The summed E-state index contributed by atoms with van der Waals surface area (Å²) in [6, 6.07) is 9.03. The van der Waals surface area contributed by atoms with Crippen molar-refractivity contribution in [1.82, 2.24) is 14.9 Å². The second-order valence-corrected chi connectivity index (χ2v) is 6.14. The fourth-order valence-electron chi connectivity index (χ4n) is 2.04. The first-order chi connectivity index (χ1) is 11.7. The first-order valence-electron chi connectivity index (χ1n) is 7.11. The molecule has 0 aliphatic carbocycles. The number of amidine groups is 1. The Morgan fingerprint density at radius 1 is 1.25 bits per heavy atom. The Bertz CT molecular complexity index is 835. The molecule has 1 amide bonds. The van der Waals surface area contributed by atoms with Crippen LogP contribution in [0, 0.1) is 0 Å². The van der Waals surface area contributed by atoms with E-state index < -0.39 is 0 Å². The number of aliphatic imine (C=N–C) groups is 1. The van der Waals surface area contributed by atoms with E-state index in [4.69, 9.17) is 11.6 Å². The lowest BCUT2D eigenvalue weighted by molar-refractivity contribution is -0.121. The van der Waals surface area contributed by atoms with Crippen LogP contribution in [-0.4, -0.2) is 32.5 Å². The van der Waals surface area contributed by atoms with Gasteiger partial charge < -0.3 is 0 Å². The predicted molar refractivity (Wildman–Crippen MR) is 98.1 cm³/mol. The molecule has 0 unspecified atom stereocenters. The molecular weight excluding hydrogens is 344 g/mol. The summed E-state index contributed by atoms with van der Waals surface area (Å²) in [5, 5.41) is 0.829. The minimum absolute atomic E-state index is 0.135. The fourth-order valence-corrected chi connectivity index (χ4v) is 3.19.